The van der Waals surface area contributed by atoms with E-state index in [-0.39, 0.29) is 6.10 Å². The average Bonchev–Trinajstić information content (AvgIpc) is 2.83. The number of methoxy groups -OCH3 is 1. The lowest BCUT2D eigenvalue weighted by atomic mass is 10.2. The molecule has 1 aromatic rings. The molecule has 0 aliphatic carbocycles. The van der Waals surface area contributed by atoms with Gasteiger partial charge in [0.2, 0.25) is 0 Å². The van der Waals surface area contributed by atoms with Crippen molar-refractivity contribution in [3.05, 3.63) is 23.8 Å². The van der Waals surface area contributed by atoms with Gasteiger partial charge in [0, 0.05) is 12.0 Å². The minimum atomic E-state index is 0.0953. The van der Waals surface area contributed by atoms with E-state index in [0.29, 0.717) is 24.7 Å². The molecule has 1 aromatic carbocycles. The lowest BCUT2D eigenvalue weighted by molar-refractivity contribution is 0.119. The topological polar surface area (TPSA) is 62.9 Å². The van der Waals surface area contributed by atoms with Gasteiger partial charge in [-0.2, -0.15) is 0 Å². The molecule has 1 unspecified atom stereocenters. The first kappa shape index (κ1) is 12.2. The second-order valence-electron chi connectivity index (χ2n) is 3.86. The van der Waals surface area contributed by atoms with Gasteiger partial charge >= 0.3 is 0 Å². The molecule has 2 rings (SSSR count). The molecule has 17 heavy (non-hydrogen) atoms. The van der Waals surface area contributed by atoms with Crippen molar-refractivity contribution in [3.8, 4) is 11.5 Å². The van der Waals surface area contributed by atoms with Crippen LogP contribution in [-0.2, 0) is 16.2 Å². The third-order valence-electron chi connectivity index (χ3n) is 2.68. The highest BCUT2D eigenvalue weighted by Gasteiger charge is 2.20. The van der Waals surface area contributed by atoms with Crippen LogP contribution in [0.3, 0.4) is 0 Å². The minimum absolute atomic E-state index is 0.0953. The van der Waals surface area contributed by atoms with Crippen molar-refractivity contribution in [1.82, 2.24) is 0 Å². The van der Waals surface area contributed by atoms with Crippen LogP contribution in [0.25, 0.3) is 0 Å². The Bertz CT molecular complexity index is 364. The maximum atomic E-state index is 5.84. The molecule has 0 amide bonds. The lowest BCUT2D eigenvalue weighted by Gasteiger charge is -2.16. The highest BCUT2D eigenvalue weighted by atomic mass is 16.6. The Hall–Kier alpha value is -1.30. The maximum absolute atomic E-state index is 5.84. The summed E-state index contributed by atoms with van der Waals surface area (Å²) in [4.78, 5) is 4.64. The first-order valence-electron chi connectivity index (χ1n) is 5.57. The van der Waals surface area contributed by atoms with Crippen LogP contribution in [0.4, 0.5) is 0 Å². The van der Waals surface area contributed by atoms with Gasteiger partial charge in [0.1, 0.15) is 6.10 Å². The third-order valence-corrected chi connectivity index (χ3v) is 2.68. The summed E-state index contributed by atoms with van der Waals surface area (Å²) >= 11 is 0. The van der Waals surface area contributed by atoms with Gasteiger partial charge in [0.15, 0.2) is 11.5 Å². The SMILES string of the molecule is COc1c(CON)cccc1OC1CCOC1. The average molecular weight is 239 g/mol. The van der Waals surface area contributed by atoms with Gasteiger partial charge in [-0.1, -0.05) is 12.1 Å². The third kappa shape index (κ3) is 2.88. The van der Waals surface area contributed by atoms with E-state index in [4.69, 9.17) is 20.1 Å². The molecule has 0 bridgehead atoms. The fourth-order valence-electron chi connectivity index (χ4n) is 1.87. The molecule has 5 nitrogen and oxygen atoms in total. The standard InChI is InChI=1S/C12H17NO4/c1-14-12-9(7-16-13)3-2-4-11(12)17-10-5-6-15-8-10/h2-4,10H,5-8,13H2,1H3. The van der Waals surface area contributed by atoms with Crippen LogP contribution >= 0.6 is 0 Å². The zero-order valence-electron chi connectivity index (χ0n) is 9.85. The number of hydrogen-bond acceptors (Lipinski definition) is 5. The van der Waals surface area contributed by atoms with Gasteiger partial charge in [-0.05, 0) is 6.07 Å². The predicted molar refractivity (Wildman–Crippen MR) is 61.8 cm³/mol. The normalized spacial score (nSPS) is 19.3. The molecule has 0 aromatic heterocycles. The first-order chi connectivity index (χ1) is 8.35. The molecule has 1 heterocycles. The Kier molecular flexibility index (Phi) is 4.19. The van der Waals surface area contributed by atoms with E-state index >= 15 is 0 Å². The summed E-state index contributed by atoms with van der Waals surface area (Å²) in [6, 6.07) is 5.66. The summed E-state index contributed by atoms with van der Waals surface area (Å²) in [6.45, 7) is 1.67. The van der Waals surface area contributed by atoms with E-state index in [1.165, 1.54) is 0 Å². The molecule has 1 saturated heterocycles. The van der Waals surface area contributed by atoms with E-state index in [1.54, 1.807) is 7.11 Å². The first-order valence-corrected chi connectivity index (χ1v) is 5.57. The molecule has 1 aliphatic heterocycles. The summed E-state index contributed by atoms with van der Waals surface area (Å²) < 4.78 is 16.4. The van der Waals surface area contributed by atoms with Crippen LogP contribution < -0.4 is 15.4 Å². The van der Waals surface area contributed by atoms with Gasteiger partial charge in [0.25, 0.3) is 0 Å². The molecule has 5 heteroatoms. The number of nitrogens with two attached hydrogens (primary N) is 1. The molecule has 1 fully saturated rings. The smallest absolute Gasteiger partial charge is 0.166 e. The van der Waals surface area contributed by atoms with Crippen molar-refractivity contribution in [2.24, 2.45) is 5.90 Å². The molecular weight excluding hydrogens is 222 g/mol. The van der Waals surface area contributed by atoms with Crippen LogP contribution in [0.15, 0.2) is 18.2 Å². The number of para-hydroxylation sites is 1. The van der Waals surface area contributed by atoms with Gasteiger partial charge in [-0.25, -0.2) is 5.90 Å². The monoisotopic (exact) mass is 239 g/mol. The van der Waals surface area contributed by atoms with Crippen molar-refractivity contribution in [2.45, 2.75) is 19.1 Å². The maximum Gasteiger partial charge on any atom is 0.166 e. The fourth-order valence-corrected chi connectivity index (χ4v) is 1.87. The van der Waals surface area contributed by atoms with E-state index in [0.717, 1.165) is 18.6 Å². The Morgan fingerprint density at radius 1 is 1.47 bits per heavy atom. The van der Waals surface area contributed by atoms with Gasteiger partial charge in [0.05, 0.1) is 26.9 Å². The summed E-state index contributed by atoms with van der Waals surface area (Å²) in [6.07, 6.45) is 0.999. The lowest BCUT2D eigenvalue weighted by Crippen LogP contribution is -2.16. The summed E-state index contributed by atoms with van der Waals surface area (Å²) in [5.41, 5.74) is 0.867. The Morgan fingerprint density at radius 3 is 3.00 bits per heavy atom. The highest BCUT2D eigenvalue weighted by Crippen LogP contribution is 2.32. The van der Waals surface area contributed by atoms with Gasteiger partial charge in [-0.15, -0.1) is 0 Å². The fraction of sp³-hybridized carbons (Fsp3) is 0.500. The number of ether oxygens (including phenoxy) is 3. The summed E-state index contributed by atoms with van der Waals surface area (Å²) in [7, 11) is 1.60. The molecule has 1 aliphatic rings. The zero-order chi connectivity index (χ0) is 12.1. The van der Waals surface area contributed by atoms with Crippen LogP contribution in [0.5, 0.6) is 11.5 Å². The quantitative estimate of drug-likeness (QED) is 0.783. The van der Waals surface area contributed by atoms with Crippen LogP contribution in [-0.4, -0.2) is 26.4 Å². The number of rotatable bonds is 5. The molecule has 1 atom stereocenters. The van der Waals surface area contributed by atoms with Gasteiger partial charge < -0.3 is 14.2 Å². The second kappa shape index (κ2) is 5.86. The molecule has 0 spiro atoms. The zero-order valence-corrected chi connectivity index (χ0v) is 9.85. The van der Waals surface area contributed by atoms with E-state index in [2.05, 4.69) is 4.84 Å². The predicted octanol–water partition coefficient (Wildman–Crippen LogP) is 1.25. The van der Waals surface area contributed by atoms with Crippen molar-refractivity contribution < 1.29 is 19.0 Å². The van der Waals surface area contributed by atoms with E-state index < -0.39 is 0 Å². The van der Waals surface area contributed by atoms with Gasteiger partial charge in [-0.3, -0.25) is 4.84 Å². The minimum Gasteiger partial charge on any atom is -0.492 e. The molecule has 0 radical (unpaired) electrons. The molecule has 0 saturated carbocycles. The van der Waals surface area contributed by atoms with Crippen molar-refractivity contribution in [2.75, 3.05) is 20.3 Å². The Morgan fingerprint density at radius 2 is 2.35 bits per heavy atom. The van der Waals surface area contributed by atoms with Crippen molar-refractivity contribution in [1.29, 1.82) is 0 Å². The van der Waals surface area contributed by atoms with E-state index in [1.807, 2.05) is 18.2 Å². The van der Waals surface area contributed by atoms with Crippen molar-refractivity contribution >= 4 is 0 Å². The summed E-state index contributed by atoms with van der Waals surface area (Å²) in [5.74, 6) is 6.46. The molecule has 94 valence electrons. The second-order valence-corrected chi connectivity index (χ2v) is 3.86. The van der Waals surface area contributed by atoms with E-state index in [9.17, 15) is 0 Å². The Balaban J connectivity index is 2.16. The highest BCUT2D eigenvalue weighted by molar-refractivity contribution is 5.46. The van der Waals surface area contributed by atoms with Crippen LogP contribution in [0.1, 0.15) is 12.0 Å². The molecule has 2 N–H and O–H groups in total. The largest absolute Gasteiger partial charge is 0.492 e. The Labute approximate surface area is 100 Å². The number of hydrogen-bond donors (Lipinski definition) is 1. The van der Waals surface area contributed by atoms with Crippen molar-refractivity contribution in [3.63, 3.8) is 0 Å². The van der Waals surface area contributed by atoms with Crippen LogP contribution in [0.2, 0.25) is 0 Å². The number of benzene rings is 1. The molecular formula is C12H17NO4. The summed E-state index contributed by atoms with van der Waals surface area (Å²) in [5, 5.41) is 0. The van der Waals surface area contributed by atoms with Crippen LogP contribution in [0, 0.1) is 0 Å².